The summed E-state index contributed by atoms with van der Waals surface area (Å²) in [4.78, 5) is 11.7. The summed E-state index contributed by atoms with van der Waals surface area (Å²) in [5.41, 5.74) is 1.08. The van der Waals surface area contributed by atoms with E-state index in [0.717, 1.165) is 36.8 Å². The Kier molecular flexibility index (Phi) is 2.72. The van der Waals surface area contributed by atoms with Crippen molar-refractivity contribution in [1.82, 2.24) is 19.7 Å². The van der Waals surface area contributed by atoms with E-state index < -0.39 is 0 Å². The van der Waals surface area contributed by atoms with Crippen molar-refractivity contribution in [2.45, 2.75) is 38.1 Å². The number of nitrogens with zero attached hydrogens (tertiary/aromatic N) is 5. The highest BCUT2D eigenvalue weighted by atomic mass is 15.3. The van der Waals surface area contributed by atoms with Crippen LogP contribution in [0, 0.1) is 6.92 Å². The molecule has 0 N–H and O–H groups in total. The molecule has 0 radical (unpaired) electrons. The number of anilines is 1. The number of hydrogen-bond acceptors (Lipinski definition) is 4. The van der Waals surface area contributed by atoms with Crippen molar-refractivity contribution < 1.29 is 0 Å². The summed E-state index contributed by atoms with van der Waals surface area (Å²) in [5.74, 6) is 2.75. The van der Waals surface area contributed by atoms with Crippen molar-refractivity contribution in [3.8, 4) is 0 Å². The summed E-state index contributed by atoms with van der Waals surface area (Å²) in [6.45, 7) is 4.10. The lowest BCUT2D eigenvalue weighted by Crippen LogP contribution is -2.22. The average molecular weight is 269 g/mol. The minimum absolute atomic E-state index is 0.463. The second-order valence-corrected chi connectivity index (χ2v) is 5.87. The second kappa shape index (κ2) is 4.58. The maximum absolute atomic E-state index is 4.78. The smallest absolute Gasteiger partial charge is 0.134 e. The van der Waals surface area contributed by atoms with Gasteiger partial charge in [0.05, 0.1) is 6.04 Å². The van der Waals surface area contributed by atoms with E-state index >= 15 is 0 Å². The van der Waals surface area contributed by atoms with E-state index in [4.69, 9.17) is 4.98 Å². The Balaban J connectivity index is 1.56. The molecule has 5 heteroatoms. The van der Waals surface area contributed by atoms with Gasteiger partial charge >= 0.3 is 0 Å². The van der Waals surface area contributed by atoms with Crippen LogP contribution in [0.25, 0.3) is 0 Å². The summed E-state index contributed by atoms with van der Waals surface area (Å²) in [6, 6.07) is 4.56. The first-order chi connectivity index (χ1) is 9.79. The van der Waals surface area contributed by atoms with Gasteiger partial charge in [-0.2, -0.15) is 5.10 Å². The van der Waals surface area contributed by atoms with Crippen molar-refractivity contribution in [2.24, 2.45) is 0 Å². The molecule has 20 heavy (non-hydrogen) atoms. The number of hydrogen-bond donors (Lipinski definition) is 0. The van der Waals surface area contributed by atoms with Gasteiger partial charge in [0.1, 0.15) is 11.6 Å². The molecule has 1 saturated heterocycles. The molecule has 0 bridgehead atoms. The third-order valence-electron chi connectivity index (χ3n) is 4.19. The Hall–Kier alpha value is -1.91. The molecule has 1 saturated carbocycles. The molecule has 1 aliphatic heterocycles. The standard InChI is InChI=1S/C15H19N5/c1-11-9-14(18-15(17-11)12-3-4-12)19-8-5-13(10-19)20-7-2-6-16-20/h2,6-7,9,12-13H,3-5,8,10H2,1H3. The van der Waals surface area contributed by atoms with Gasteiger partial charge < -0.3 is 4.90 Å². The van der Waals surface area contributed by atoms with Crippen molar-refractivity contribution in [3.05, 3.63) is 36.0 Å². The first-order valence-electron chi connectivity index (χ1n) is 7.39. The molecular formula is C15H19N5. The second-order valence-electron chi connectivity index (χ2n) is 5.87. The van der Waals surface area contributed by atoms with E-state index in [9.17, 15) is 0 Å². The maximum atomic E-state index is 4.78. The van der Waals surface area contributed by atoms with Crippen molar-refractivity contribution >= 4 is 5.82 Å². The third-order valence-corrected chi connectivity index (χ3v) is 4.19. The third kappa shape index (κ3) is 2.17. The minimum atomic E-state index is 0.463. The zero-order valence-electron chi connectivity index (χ0n) is 11.7. The van der Waals surface area contributed by atoms with Crippen LogP contribution in [0.2, 0.25) is 0 Å². The summed E-state index contributed by atoms with van der Waals surface area (Å²) < 4.78 is 2.07. The molecule has 0 spiro atoms. The molecule has 104 valence electrons. The quantitative estimate of drug-likeness (QED) is 0.858. The summed E-state index contributed by atoms with van der Waals surface area (Å²) in [5, 5.41) is 4.36. The molecule has 5 nitrogen and oxygen atoms in total. The molecule has 4 rings (SSSR count). The lowest BCUT2D eigenvalue weighted by atomic mass is 10.3. The SMILES string of the molecule is Cc1cc(N2CCC(n3cccn3)C2)nc(C2CC2)n1. The highest BCUT2D eigenvalue weighted by Crippen LogP contribution is 2.39. The van der Waals surface area contributed by atoms with Gasteiger partial charge in [-0.1, -0.05) is 0 Å². The number of aryl methyl sites for hydroxylation is 1. The lowest BCUT2D eigenvalue weighted by Gasteiger charge is -2.18. The fraction of sp³-hybridized carbons (Fsp3) is 0.533. The molecule has 1 unspecified atom stereocenters. The summed E-state index contributed by atoms with van der Waals surface area (Å²) in [6.07, 6.45) is 7.53. The van der Waals surface area contributed by atoms with Gasteiger partial charge in [0, 0.05) is 43.2 Å². The van der Waals surface area contributed by atoms with Crippen LogP contribution in [0.4, 0.5) is 5.82 Å². The Labute approximate surface area is 118 Å². The van der Waals surface area contributed by atoms with E-state index in [1.54, 1.807) is 0 Å². The molecule has 0 aromatic carbocycles. The van der Waals surface area contributed by atoms with Gasteiger partial charge in [0.25, 0.3) is 0 Å². The number of aromatic nitrogens is 4. The molecule has 2 fully saturated rings. The van der Waals surface area contributed by atoms with Crippen molar-refractivity contribution in [1.29, 1.82) is 0 Å². The zero-order valence-corrected chi connectivity index (χ0v) is 11.7. The molecular weight excluding hydrogens is 250 g/mol. The Morgan fingerprint density at radius 1 is 1.20 bits per heavy atom. The molecule has 1 aliphatic carbocycles. The van der Waals surface area contributed by atoms with Crippen LogP contribution in [0.1, 0.15) is 42.7 Å². The predicted octanol–water partition coefficient (Wildman–Crippen LogP) is 2.31. The highest BCUT2D eigenvalue weighted by molar-refractivity contribution is 5.41. The van der Waals surface area contributed by atoms with E-state index in [-0.39, 0.29) is 0 Å². The van der Waals surface area contributed by atoms with Crippen LogP contribution in [0.5, 0.6) is 0 Å². The van der Waals surface area contributed by atoms with Gasteiger partial charge in [-0.15, -0.1) is 0 Å². The zero-order chi connectivity index (χ0) is 13.5. The molecule has 2 aromatic heterocycles. The van der Waals surface area contributed by atoms with Gasteiger partial charge in [0.15, 0.2) is 0 Å². The Morgan fingerprint density at radius 3 is 2.85 bits per heavy atom. The van der Waals surface area contributed by atoms with Crippen molar-refractivity contribution in [3.63, 3.8) is 0 Å². The van der Waals surface area contributed by atoms with Crippen LogP contribution in [-0.2, 0) is 0 Å². The molecule has 1 atom stereocenters. The van der Waals surface area contributed by atoms with Gasteiger partial charge in [-0.05, 0) is 32.3 Å². The fourth-order valence-corrected chi connectivity index (χ4v) is 2.92. The highest BCUT2D eigenvalue weighted by Gasteiger charge is 2.29. The predicted molar refractivity (Wildman–Crippen MR) is 76.8 cm³/mol. The fourth-order valence-electron chi connectivity index (χ4n) is 2.92. The Morgan fingerprint density at radius 2 is 2.10 bits per heavy atom. The van der Waals surface area contributed by atoms with Crippen LogP contribution >= 0.6 is 0 Å². The normalized spacial score (nSPS) is 22.4. The van der Waals surface area contributed by atoms with E-state index in [2.05, 4.69) is 38.9 Å². The minimum Gasteiger partial charge on any atom is -0.354 e. The number of rotatable bonds is 3. The van der Waals surface area contributed by atoms with E-state index in [1.807, 2.05) is 12.3 Å². The first kappa shape index (κ1) is 11.9. The first-order valence-corrected chi connectivity index (χ1v) is 7.39. The van der Waals surface area contributed by atoms with Gasteiger partial charge in [-0.3, -0.25) is 4.68 Å². The summed E-state index contributed by atoms with van der Waals surface area (Å²) >= 11 is 0. The van der Waals surface area contributed by atoms with Gasteiger partial charge in [-0.25, -0.2) is 9.97 Å². The van der Waals surface area contributed by atoms with Gasteiger partial charge in [0.2, 0.25) is 0 Å². The molecule has 2 aliphatic rings. The van der Waals surface area contributed by atoms with Crippen LogP contribution in [0.3, 0.4) is 0 Å². The summed E-state index contributed by atoms with van der Waals surface area (Å²) in [7, 11) is 0. The van der Waals surface area contributed by atoms with Crippen LogP contribution in [0.15, 0.2) is 24.5 Å². The molecule has 0 amide bonds. The average Bonchev–Trinajstić information content (AvgIpc) is 2.96. The monoisotopic (exact) mass is 269 g/mol. The largest absolute Gasteiger partial charge is 0.354 e. The van der Waals surface area contributed by atoms with Crippen LogP contribution < -0.4 is 4.90 Å². The molecule has 3 heterocycles. The topological polar surface area (TPSA) is 46.8 Å². The van der Waals surface area contributed by atoms with Crippen molar-refractivity contribution in [2.75, 3.05) is 18.0 Å². The van der Waals surface area contributed by atoms with E-state index in [1.165, 1.54) is 12.8 Å². The Bertz CT molecular complexity index is 603. The van der Waals surface area contributed by atoms with Crippen LogP contribution in [-0.4, -0.2) is 32.8 Å². The maximum Gasteiger partial charge on any atom is 0.134 e. The molecule has 2 aromatic rings. The van der Waals surface area contributed by atoms with E-state index in [0.29, 0.717) is 12.0 Å². The lowest BCUT2D eigenvalue weighted by molar-refractivity contribution is 0.494.